The monoisotopic (exact) mass is 217 g/mol. The molecule has 0 spiro atoms. The zero-order valence-electron chi connectivity index (χ0n) is 9.68. The molecule has 15 heavy (non-hydrogen) atoms. The number of alkyl halides is 2. The van der Waals surface area contributed by atoms with Gasteiger partial charge in [0.1, 0.15) is 0 Å². The van der Waals surface area contributed by atoms with Crippen LogP contribution in [0.15, 0.2) is 0 Å². The number of likely N-dealkylation sites (tertiary alicyclic amines) is 1. The molecular formula is C12H21F2N. The van der Waals surface area contributed by atoms with Crippen LogP contribution in [0.3, 0.4) is 0 Å². The van der Waals surface area contributed by atoms with E-state index in [9.17, 15) is 8.78 Å². The van der Waals surface area contributed by atoms with Gasteiger partial charge in [-0.2, -0.15) is 0 Å². The summed E-state index contributed by atoms with van der Waals surface area (Å²) in [4.78, 5) is 2.37. The van der Waals surface area contributed by atoms with Gasteiger partial charge in [0, 0.05) is 32.0 Å². The molecule has 0 aromatic rings. The molecule has 1 aliphatic heterocycles. The van der Waals surface area contributed by atoms with Crippen LogP contribution in [-0.4, -0.2) is 30.0 Å². The second-order valence-electron chi connectivity index (χ2n) is 5.52. The van der Waals surface area contributed by atoms with Gasteiger partial charge in [0.2, 0.25) is 5.92 Å². The Kier molecular flexibility index (Phi) is 3.02. The molecular weight excluding hydrogens is 196 g/mol. The standard InChI is InChI=1S/C12H21F2N/c1-9(2)15-7-11(8-15)10-4-3-5-12(13,14)6-10/h9-11H,3-8H2,1-2H3. The summed E-state index contributed by atoms with van der Waals surface area (Å²) in [5, 5.41) is 0. The summed E-state index contributed by atoms with van der Waals surface area (Å²) in [5.74, 6) is -1.55. The summed E-state index contributed by atoms with van der Waals surface area (Å²) < 4.78 is 26.4. The zero-order valence-corrected chi connectivity index (χ0v) is 9.68. The highest BCUT2D eigenvalue weighted by atomic mass is 19.3. The van der Waals surface area contributed by atoms with Gasteiger partial charge in [0.05, 0.1) is 0 Å². The van der Waals surface area contributed by atoms with Gasteiger partial charge in [-0.15, -0.1) is 0 Å². The number of hydrogen-bond donors (Lipinski definition) is 0. The Morgan fingerprint density at radius 1 is 1.20 bits per heavy atom. The van der Waals surface area contributed by atoms with Crippen LogP contribution in [0.5, 0.6) is 0 Å². The number of hydrogen-bond acceptors (Lipinski definition) is 1. The molecule has 0 N–H and O–H groups in total. The minimum atomic E-state index is -2.37. The lowest BCUT2D eigenvalue weighted by Crippen LogP contribution is -2.54. The molecule has 0 radical (unpaired) electrons. The van der Waals surface area contributed by atoms with Gasteiger partial charge in [-0.05, 0) is 38.5 Å². The van der Waals surface area contributed by atoms with Crippen molar-refractivity contribution in [2.75, 3.05) is 13.1 Å². The number of rotatable bonds is 2. The molecule has 1 atom stereocenters. The molecule has 2 fully saturated rings. The maximum Gasteiger partial charge on any atom is 0.248 e. The van der Waals surface area contributed by atoms with Crippen LogP contribution in [0.4, 0.5) is 8.78 Å². The predicted octanol–water partition coefficient (Wildman–Crippen LogP) is 3.15. The first-order valence-corrected chi connectivity index (χ1v) is 6.10. The molecule has 1 saturated heterocycles. The molecule has 1 nitrogen and oxygen atoms in total. The van der Waals surface area contributed by atoms with Crippen molar-refractivity contribution in [3.8, 4) is 0 Å². The summed E-state index contributed by atoms with van der Waals surface area (Å²) in [7, 11) is 0. The highest BCUT2D eigenvalue weighted by Gasteiger charge is 2.42. The quantitative estimate of drug-likeness (QED) is 0.686. The Morgan fingerprint density at radius 2 is 1.87 bits per heavy atom. The molecule has 2 rings (SSSR count). The Bertz CT molecular complexity index is 222. The zero-order chi connectivity index (χ0) is 11.1. The van der Waals surface area contributed by atoms with Crippen molar-refractivity contribution < 1.29 is 8.78 Å². The minimum Gasteiger partial charge on any atom is -0.300 e. The molecule has 1 heterocycles. The average molecular weight is 217 g/mol. The van der Waals surface area contributed by atoms with Crippen molar-refractivity contribution in [3.05, 3.63) is 0 Å². The van der Waals surface area contributed by atoms with Gasteiger partial charge in [-0.3, -0.25) is 0 Å². The lowest BCUT2D eigenvalue weighted by molar-refractivity contribution is -0.0827. The average Bonchev–Trinajstić information content (AvgIpc) is 1.97. The summed E-state index contributed by atoms with van der Waals surface area (Å²) >= 11 is 0. The van der Waals surface area contributed by atoms with Crippen molar-refractivity contribution in [1.29, 1.82) is 0 Å². The Balaban J connectivity index is 1.81. The van der Waals surface area contributed by atoms with Gasteiger partial charge < -0.3 is 4.90 Å². The van der Waals surface area contributed by atoms with Crippen molar-refractivity contribution in [1.82, 2.24) is 4.90 Å². The third kappa shape index (κ3) is 2.49. The highest BCUT2D eigenvalue weighted by Crippen LogP contribution is 2.42. The van der Waals surface area contributed by atoms with Gasteiger partial charge in [0.25, 0.3) is 0 Å². The van der Waals surface area contributed by atoms with Crippen molar-refractivity contribution in [3.63, 3.8) is 0 Å². The van der Waals surface area contributed by atoms with Crippen molar-refractivity contribution >= 4 is 0 Å². The third-order valence-corrected chi connectivity index (χ3v) is 4.01. The largest absolute Gasteiger partial charge is 0.300 e. The van der Waals surface area contributed by atoms with Gasteiger partial charge in [-0.25, -0.2) is 8.78 Å². The fraction of sp³-hybridized carbons (Fsp3) is 1.00. The first kappa shape index (κ1) is 11.3. The Labute approximate surface area is 90.8 Å². The molecule has 0 amide bonds. The smallest absolute Gasteiger partial charge is 0.248 e. The maximum absolute atomic E-state index is 13.2. The minimum absolute atomic E-state index is 0.115. The third-order valence-electron chi connectivity index (χ3n) is 4.01. The van der Waals surface area contributed by atoms with Crippen LogP contribution in [0.2, 0.25) is 0 Å². The van der Waals surface area contributed by atoms with E-state index in [0.717, 1.165) is 25.9 Å². The lowest BCUT2D eigenvalue weighted by atomic mass is 9.75. The molecule has 1 unspecified atom stereocenters. The number of halogens is 2. The van der Waals surface area contributed by atoms with Gasteiger partial charge >= 0.3 is 0 Å². The Morgan fingerprint density at radius 3 is 2.40 bits per heavy atom. The summed E-state index contributed by atoms with van der Waals surface area (Å²) in [6.07, 6.45) is 2.00. The number of nitrogens with zero attached hydrogens (tertiary/aromatic N) is 1. The molecule has 1 saturated carbocycles. The van der Waals surface area contributed by atoms with Crippen molar-refractivity contribution in [2.45, 2.75) is 51.5 Å². The molecule has 1 aliphatic carbocycles. The van der Waals surface area contributed by atoms with E-state index in [1.54, 1.807) is 0 Å². The lowest BCUT2D eigenvalue weighted by Gasteiger charge is -2.47. The molecule has 0 aromatic carbocycles. The summed E-state index contributed by atoms with van der Waals surface area (Å²) in [6.45, 7) is 6.42. The Hall–Kier alpha value is -0.180. The normalized spacial score (nSPS) is 33.0. The van der Waals surface area contributed by atoms with E-state index in [2.05, 4.69) is 18.7 Å². The van der Waals surface area contributed by atoms with Crippen LogP contribution < -0.4 is 0 Å². The maximum atomic E-state index is 13.2. The molecule has 3 heteroatoms. The van der Waals surface area contributed by atoms with Gasteiger partial charge in [0.15, 0.2) is 0 Å². The predicted molar refractivity (Wildman–Crippen MR) is 57.1 cm³/mol. The van der Waals surface area contributed by atoms with E-state index < -0.39 is 5.92 Å². The molecule has 2 aliphatic rings. The second kappa shape index (κ2) is 4.00. The van der Waals surface area contributed by atoms with E-state index in [-0.39, 0.29) is 18.8 Å². The molecule has 0 bridgehead atoms. The van der Waals surface area contributed by atoms with Crippen LogP contribution in [0, 0.1) is 11.8 Å². The fourth-order valence-electron chi connectivity index (χ4n) is 2.88. The fourth-order valence-corrected chi connectivity index (χ4v) is 2.88. The second-order valence-corrected chi connectivity index (χ2v) is 5.52. The first-order chi connectivity index (χ1) is 6.98. The summed E-state index contributed by atoms with van der Waals surface area (Å²) in [6, 6.07) is 0.574. The van der Waals surface area contributed by atoms with E-state index in [4.69, 9.17) is 0 Å². The first-order valence-electron chi connectivity index (χ1n) is 6.10. The molecule has 88 valence electrons. The van der Waals surface area contributed by atoms with Crippen LogP contribution in [0.25, 0.3) is 0 Å². The SMILES string of the molecule is CC(C)N1CC(C2CCCC(F)(F)C2)C1. The van der Waals surface area contributed by atoms with Crippen molar-refractivity contribution in [2.24, 2.45) is 11.8 Å². The highest BCUT2D eigenvalue weighted by molar-refractivity contribution is 4.91. The van der Waals surface area contributed by atoms with E-state index in [0.29, 0.717) is 12.0 Å². The van der Waals surface area contributed by atoms with E-state index in [1.165, 1.54) is 0 Å². The summed E-state index contributed by atoms with van der Waals surface area (Å²) in [5.41, 5.74) is 0. The van der Waals surface area contributed by atoms with Crippen LogP contribution in [-0.2, 0) is 0 Å². The van der Waals surface area contributed by atoms with E-state index >= 15 is 0 Å². The van der Waals surface area contributed by atoms with E-state index in [1.807, 2.05) is 0 Å². The molecule has 0 aromatic heterocycles. The van der Waals surface area contributed by atoms with Gasteiger partial charge in [-0.1, -0.05) is 0 Å². The topological polar surface area (TPSA) is 3.24 Å². The van der Waals surface area contributed by atoms with Crippen LogP contribution >= 0.6 is 0 Å². The van der Waals surface area contributed by atoms with Crippen LogP contribution in [0.1, 0.15) is 39.5 Å².